The number of fused-ring (bicyclic) bond motifs is 1. The van der Waals surface area contributed by atoms with E-state index in [9.17, 15) is 10.1 Å². The maximum atomic E-state index is 14.2. The number of ether oxygens (including phenoxy) is 1. The second-order valence-electron chi connectivity index (χ2n) is 8.37. The van der Waals surface area contributed by atoms with Crippen molar-refractivity contribution in [2.75, 3.05) is 18.2 Å². The van der Waals surface area contributed by atoms with E-state index in [4.69, 9.17) is 10.5 Å². The monoisotopic (exact) mass is 489 g/mol. The molecule has 0 amide bonds. The highest BCUT2D eigenvalue weighted by atomic mass is 16.5. The number of nitrogen functional groups attached to an aromatic ring is 1. The summed E-state index contributed by atoms with van der Waals surface area (Å²) in [6, 6.07) is 22.4. The summed E-state index contributed by atoms with van der Waals surface area (Å²) < 4.78 is 6.86. The van der Waals surface area contributed by atoms with Crippen molar-refractivity contribution in [1.82, 2.24) is 19.5 Å². The van der Waals surface area contributed by atoms with Crippen LogP contribution in [0, 0.1) is 11.3 Å². The third-order valence-electron chi connectivity index (χ3n) is 6.07. The second kappa shape index (κ2) is 9.79. The van der Waals surface area contributed by atoms with Crippen molar-refractivity contribution in [2.45, 2.75) is 13.0 Å². The van der Waals surface area contributed by atoms with Crippen molar-refractivity contribution in [3.63, 3.8) is 0 Å². The van der Waals surface area contributed by atoms with Gasteiger partial charge in [0, 0.05) is 29.2 Å². The first-order valence-corrected chi connectivity index (χ1v) is 11.5. The topological polar surface area (TPSA) is 132 Å². The molecule has 0 radical (unpaired) electrons. The van der Waals surface area contributed by atoms with Crippen LogP contribution >= 0.6 is 0 Å². The van der Waals surface area contributed by atoms with E-state index in [1.165, 1.54) is 6.20 Å². The minimum absolute atomic E-state index is 0.0467. The molecule has 2 aromatic carbocycles. The van der Waals surface area contributed by atoms with Crippen LogP contribution in [0.15, 0.2) is 83.9 Å². The van der Waals surface area contributed by atoms with E-state index in [1.807, 2.05) is 67.6 Å². The molecule has 1 atom stereocenters. The standard InChI is InChI=1S/C28H23N7O2/c1-17(33-26-20(14-29)16-32-28(30)34-26)23-13-18-7-6-10-22(19-11-12-24(37-2)31-15-19)25(18)27(36)35(23)21-8-4-3-5-9-21/h3-13,15-17H,1-2H3,(H3,30,32,33,34). The number of aromatic nitrogens is 4. The van der Waals surface area contributed by atoms with Gasteiger partial charge in [-0.15, -0.1) is 0 Å². The van der Waals surface area contributed by atoms with E-state index in [1.54, 1.807) is 23.9 Å². The summed E-state index contributed by atoms with van der Waals surface area (Å²) in [4.78, 5) is 26.6. The third-order valence-corrected chi connectivity index (χ3v) is 6.07. The maximum absolute atomic E-state index is 14.2. The molecule has 0 spiro atoms. The quantitative estimate of drug-likeness (QED) is 0.357. The second-order valence-corrected chi connectivity index (χ2v) is 8.37. The van der Waals surface area contributed by atoms with Crippen LogP contribution in [0.1, 0.15) is 24.2 Å². The highest BCUT2D eigenvalue weighted by Gasteiger charge is 2.20. The van der Waals surface area contributed by atoms with Crippen LogP contribution in [0.3, 0.4) is 0 Å². The first-order chi connectivity index (χ1) is 18.0. The zero-order valence-electron chi connectivity index (χ0n) is 20.2. The number of para-hydroxylation sites is 1. The zero-order valence-corrected chi connectivity index (χ0v) is 20.2. The Balaban J connectivity index is 1.73. The number of rotatable bonds is 6. The molecule has 3 aromatic heterocycles. The number of nitrogens with one attached hydrogen (secondary N) is 1. The molecule has 0 aliphatic carbocycles. The molecule has 0 bridgehead atoms. The molecular weight excluding hydrogens is 466 g/mol. The van der Waals surface area contributed by atoms with Gasteiger partial charge in [0.2, 0.25) is 11.8 Å². The van der Waals surface area contributed by atoms with Crippen molar-refractivity contribution in [2.24, 2.45) is 0 Å². The van der Waals surface area contributed by atoms with Gasteiger partial charge in [0.25, 0.3) is 5.56 Å². The fourth-order valence-corrected chi connectivity index (χ4v) is 4.31. The third kappa shape index (κ3) is 4.44. The van der Waals surface area contributed by atoms with Gasteiger partial charge in [-0.25, -0.2) is 9.97 Å². The van der Waals surface area contributed by atoms with E-state index in [-0.39, 0.29) is 17.1 Å². The fraction of sp³-hybridized carbons (Fsp3) is 0.107. The predicted molar refractivity (Wildman–Crippen MR) is 143 cm³/mol. The summed E-state index contributed by atoms with van der Waals surface area (Å²) in [5, 5.41) is 14.1. The van der Waals surface area contributed by atoms with Gasteiger partial charge in [-0.3, -0.25) is 9.36 Å². The van der Waals surface area contributed by atoms with Crippen LogP contribution in [0.2, 0.25) is 0 Å². The Labute approximate surface area is 212 Å². The van der Waals surface area contributed by atoms with E-state index in [2.05, 4.69) is 26.3 Å². The number of benzene rings is 2. The number of hydrogen-bond acceptors (Lipinski definition) is 8. The molecule has 0 fully saturated rings. The molecule has 37 heavy (non-hydrogen) atoms. The van der Waals surface area contributed by atoms with Gasteiger partial charge in [0.1, 0.15) is 17.5 Å². The lowest BCUT2D eigenvalue weighted by Gasteiger charge is -2.22. The predicted octanol–water partition coefficient (Wildman–Crippen LogP) is 4.48. The normalized spacial score (nSPS) is 11.6. The Morgan fingerprint density at radius 1 is 1.05 bits per heavy atom. The Hall–Kier alpha value is -5.23. The highest BCUT2D eigenvalue weighted by molar-refractivity contribution is 5.96. The van der Waals surface area contributed by atoms with Crippen molar-refractivity contribution in [3.05, 3.63) is 101 Å². The van der Waals surface area contributed by atoms with Crippen LogP contribution in [-0.4, -0.2) is 26.6 Å². The number of methoxy groups -OCH3 is 1. The van der Waals surface area contributed by atoms with Crippen LogP contribution in [-0.2, 0) is 0 Å². The average Bonchev–Trinajstić information content (AvgIpc) is 2.93. The molecule has 9 nitrogen and oxygen atoms in total. The van der Waals surface area contributed by atoms with Crippen molar-refractivity contribution >= 4 is 22.5 Å². The fourth-order valence-electron chi connectivity index (χ4n) is 4.31. The Morgan fingerprint density at radius 2 is 1.86 bits per heavy atom. The number of nitrogens with two attached hydrogens (primary N) is 1. The maximum Gasteiger partial charge on any atom is 0.263 e. The van der Waals surface area contributed by atoms with Gasteiger partial charge in [-0.1, -0.05) is 36.4 Å². The first kappa shape index (κ1) is 23.5. The highest BCUT2D eigenvalue weighted by Crippen LogP contribution is 2.30. The average molecular weight is 490 g/mol. The van der Waals surface area contributed by atoms with Gasteiger partial charge < -0.3 is 15.8 Å². The van der Waals surface area contributed by atoms with Crippen LogP contribution in [0.5, 0.6) is 5.88 Å². The smallest absolute Gasteiger partial charge is 0.263 e. The lowest BCUT2D eigenvalue weighted by molar-refractivity contribution is 0.398. The summed E-state index contributed by atoms with van der Waals surface area (Å²) in [5.41, 5.74) is 8.81. The Bertz CT molecular complexity index is 1690. The largest absolute Gasteiger partial charge is 0.481 e. The molecule has 3 N–H and O–H groups in total. The minimum Gasteiger partial charge on any atom is -0.481 e. The van der Waals surface area contributed by atoms with E-state index in [0.29, 0.717) is 28.5 Å². The molecule has 5 aromatic rings. The van der Waals surface area contributed by atoms with Gasteiger partial charge in [0.15, 0.2) is 0 Å². The van der Waals surface area contributed by atoms with E-state index < -0.39 is 6.04 Å². The van der Waals surface area contributed by atoms with E-state index in [0.717, 1.165) is 16.5 Å². The van der Waals surface area contributed by atoms with Crippen molar-refractivity contribution in [3.8, 4) is 28.8 Å². The number of pyridine rings is 2. The molecule has 3 heterocycles. The van der Waals surface area contributed by atoms with Crippen molar-refractivity contribution in [1.29, 1.82) is 5.26 Å². The number of nitrogens with zero attached hydrogens (tertiary/aromatic N) is 5. The molecule has 5 rings (SSSR count). The summed E-state index contributed by atoms with van der Waals surface area (Å²) in [6.45, 7) is 1.90. The summed E-state index contributed by atoms with van der Waals surface area (Å²) in [7, 11) is 1.56. The molecule has 0 aliphatic rings. The zero-order chi connectivity index (χ0) is 25.9. The lowest BCUT2D eigenvalue weighted by atomic mass is 9.99. The molecule has 0 saturated heterocycles. The molecule has 9 heteroatoms. The summed E-state index contributed by atoms with van der Waals surface area (Å²) in [5.74, 6) is 0.841. The summed E-state index contributed by atoms with van der Waals surface area (Å²) >= 11 is 0. The minimum atomic E-state index is -0.412. The van der Waals surface area contributed by atoms with Crippen molar-refractivity contribution < 1.29 is 4.74 Å². The number of nitriles is 1. The van der Waals surface area contributed by atoms with Gasteiger partial charge in [0.05, 0.1) is 24.7 Å². The lowest BCUT2D eigenvalue weighted by Crippen LogP contribution is -2.26. The first-order valence-electron chi connectivity index (χ1n) is 11.5. The van der Waals surface area contributed by atoms with Gasteiger partial charge in [-0.2, -0.15) is 10.2 Å². The number of anilines is 2. The van der Waals surface area contributed by atoms with Crippen LogP contribution < -0.4 is 21.3 Å². The van der Waals surface area contributed by atoms with Gasteiger partial charge in [-0.05, 0) is 42.1 Å². The molecule has 182 valence electrons. The molecule has 0 saturated carbocycles. The molecule has 0 aliphatic heterocycles. The molecular formula is C28H23N7O2. The van der Waals surface area contributed by atoms with Gasteiger partial charge >= 0.3 is 0 Å². The van der Waals surface area contributed by atoms with Crippen LogP contribution in [0.4, 0.5) is 11.8 Å². The summed E-state index contributed by atoms with van der Waals surface area (Å²) in [6.07, 6.45) is 3.07. The van der Waals surface area contributed by atoms with Crippen LogP contribution in [0.25, 0.3) is 27.6 Å². The SMILES string of the molecule is COc1ccc(-c2cccc3cc(C(C)Nc4nc(N)ncc4C#N)n(-c4ccccc4)c(=O)c23)cn1. The Kier molecular flexibility index (Phi) is 6.22. The number of hydrogen-bond donors (Lipinski definition) is 2. The molecule has 1 unspecified atom stereocenters. The Morgan fingerprint density at radius 3 is 2.57 bits per heavy atom. The van der Waals surface area contributed by atoms with E-state index >= 15 is 0 Å².